The van der Waals surface area contributed by atoms with E-state index in [0.717, 1.165) is 5.56 Å². The first-order valence-electron chi connectivity index (χ1n) is 5.83. The number of hydrogen-bond acceptors (Lipinski definition) is 3. The Kier molecular flexibility index (Phi) is 3.58. The molecule has 94 valence electrons. The van der Waals surface area contributed by atoms with Crippen molar-refractivity contribution in [3.8, 4) is 6.07 Å². The van der Waals surface area contributed by atoms with E-state index >= 15 is 0 Å². The third kappa shape index (κ3) is 2.96. The number of nitriles is 1. The van der Waals surface area contributed by atoms with Gasteiger partial charge in [0.2, 0.25) is 0 Å². The molecular weight excluding hydrogens is 238 g/mol. The molecule has 0 atom stereocenters. The molecule has 0 radical (unpaired) electrons. The van der Waals surface area contributed by atoms with Crippen LogP contribution in [-0.4, -0.2) is 15.6 Å². The highest BCUT2D eigenvalue weighted by Gasteiger charge is 2.09. The predicted molar refractivity (Wildman–Crippen MR) is 72.5 cm³/mol. The van der Waals surface area contributed by atoms with Gasteiger partial charge in [-0.3, -0.25) is 9.48 Å². The van der Waals surface area contributed by atoms with Gasteiger partial charge in [0, 0.05) is 13.2 Å². The number of rotatable bonds is 3. The van der Waals surface area contributed by atoms with Crippen LogP contribution in [0.2, 0.25) is 0 Å². The molecule has 0 spiro atoms. The lowest BCUT2D eigenvalue weighted by Gasteiger charge is -1.94. The molecule has 4 heteroatoms. The smallest absolute Gasteiger partial charge is 0.189 e. The van der Waals surface area contributed by atoms with Gasteiger partial charge in [-0.15, -0.1) is 0 Å². The zero-order valence-electron chi connectivity index (χ0n) is 10.8. The van der Waals surface area contributed by atoms with Crippen LogP contribution >= 0.6 is 0 Å². The fraction of sp³-hybridized carbons (Fsp3) is 0.133. The van der Waals surface area contributed by atoms with Crippen molar-refractivity contribution in [1.82, 2.24) is 9.78 Å². The number of nitrogens with zero attached hydrogens (tertiary/aromatic N) is 3. The average Bonchev–Trinajstić information content (AvgIpc) is 2.75. The topological polar surface area (TPSA) is 58.7 Å². The number of carbonyl (C=O) groups excluding carboxylic acids is 1. The van der Waals surface area contributed by atoms with Crippen molar-refractivity contribution in [2.45, 2.75) is 6.92 Å². The first-order valence-corrected chi connectivity index (χ1v) is 5.83. The lowest BCUT2D eigenvalue weighted by molar-refractivity contribution is 0.104. The molecule has 2 aromatic rings. The highest BCUT2D eigenvalue weighted by atomic mass is 16.1. The van der Waals surface area contributed by atoms with Gasteiger partial charge in [0.05, 0.1) is 22.9 Å². The molecule has 2 rings (SSSR count). The van der Waals surface area contributed by atoms with E-state index in [1.807, 2.05) is 6.07 Å². The van der Waals surface area contributed by atoms with Crippen LogP contribution in [0, 0.1) is 18.3 Å². The van der Waals surface area contributed by atoms with Crippen LogP contribution in [0.15, 0.2) is 36.5 Å². The Bertz CT molecular complexity index is 690. The molecule has 1 heterocycles. The van der Waals surface area contributed by atoms with E-state index in [0.29, 0.717) is 16.8 Å². The standard InChI is InChI=1S/C15H13N3O/c1-11-14(10-18(2)17-11)15(19)7-6-12-4-3-5-13(8-12)9-16/h3-8,10H,1-2H3. The second-order valence-corrected chi connectivity index (χ2v) is 4.24. The van der Waals surface area contributed by atoms with E-state index in [1.165, 1.54) is 6.08 Å². The Balaban J connectivity index is 2.21. The first kappa shape index (κ1) is 12.8. The Labute approximate surface area is 111 Å². The molecule has 19 heavy (non-hydrogen) atoms. The maximum absolute atomic E-state index is 12.0. The van der Waals surface area contributed by atoms with E-state index in [-0.39, 0.29) is 5.78 Å². The number of aryl methyl sites for hydroxylation is 2. The molecular formula is C15H13N3O. The van der Waals surface area contributed by atoms with Crippen molar-refractivity contribution >= 4 is 11.9 Å². The summed E-state index contributed by atoms with van der Waals surface area (Å²) in [7, 11) is 1.78. The van der Waals surface area contributed by atoms with Crippen LogP contribution in [0.25, 0.3) is 6.08 Å². The van der Waals surface area contributed by atoms with E-state index in [9.17, 15) is 4.79 Å². The third-order valence-corrected chi connectivity index (χ3v) is 2.72. The number of ketones is 1. The maximum atomic E-state index is 12.0. The number of aromatic nitrogens is 2. The Morgan fingerprint density at radius 3 is 2.89 bits per heavy atom. The van der Waals surface area contributed by atoms with Crippen LogP contribution in [0.5, 0.6) is 0 Å². The molecule has 0 amide bonds. The fourth-order valence-corrected chi connectivity index (χ4v) is 1.82. The maximum Gasteiger partial charge on any atom is 0.189 e. The summed E-state index contributed by atoms with van der Waals surface area (Å²) in [4.78, 5) is 12.0. The minimum Gasteiger partial charge on any atom is -0.289 e. The summed E-state index contributed by atoms with van der Waals surface area (Å²) in [5.74, 6) is -0.0899. The van der Waals surface area contributed by atoms with E-state index in [1.54, 1.807) is 49.1 Å². The minimum absolute atomic E-state index is 0.0899. The second kappa shape index (κ2) is 5.32. The van der Waals surface area contributed by atoms with Gasteiger partial charge in [-0.05, 0) is 30.7 Å². The molecule has 0 unspecified atom stereocenters. The summed E-state index contributed by atoms with van der Waals surface area (Å²) >= 11 is 0. The van der Waals surface area contributed by atoms with Gasteiger partial charge in [-0.2, -0.15) is 10.4 Å². The lowest BCUT2D eigenvalue weighted by Crippen LogP contribution is -1.94. The Morgan fingerprint density at radius 1 is 1.47 bits per heavy atom. The largest absolute Gasteiger partial charge is 0.289 e. The third-order valence-electron chi connectivity index (χ3n) is 2.72. The van der Waals surface area contributed by atoms with E-state index < -0.39 is 0 Å². The SMILES string of the molecule is Cc1nn(C)cc1C(=O)C=Cc1cccc(C#N)c1. The summed E-state index contributed by atoms with van der Waals surface area (Å²) < 4.78 is 1.62. The summed E-state index contributed by atoms with van der Waals surface area (Å²) in [6.07, 6.45) is 4.91. The van der Waals surface area contributed by atoms with Crippen molar-refractivity contribution < 1.29 is 4.79 Å². The second-order valence-electron chi connectivity index (χ2n) is 4.24. The van der Waals surface area contributed by atoms with Crippen LogP contribution in [0.3, 0.4) is 0 Å². The fourth-order valence-electron chi connectivity index (χ4n) is 1.82. The van der Waals surface area contributed by atoms with Crippen LogP contribution < -0.4 is 0 Å². The van der Waals surface area contributed by atoms with Gasteiger partial charge in [-0.25, -0.2) is 0 Å². The molecule has 0 aliphatic heterocycles. The van der Waals surface area contributed by atoms with Crippen molar-refractivity contribution in [3.63, 3.8) is 0 Å². The average molecular weight is 251 g/mol. The number of hydrogen-bond donors (Lipinski definition) is 0. The molecule has 0 fully saturated rings. The molecule has 0 saturated carbocycles. The summed E-state index contributed by atoms with van der Waals surface area (Å²) in [5, 5.41) is 12.9. The highest BCUT2D eigenvalue weighted by Crippen LogP contribution is 2.10. The van der Waals surface area contributed by atoms with Gasteiger partial charge >= 0.3 is 0 Å². The number of benzene rings is 1. The molecule has 0 bridgehead atoms. The van der Waals surface area contributed by atoms with E-state index in [2.05, 4.69) is 11.2 Å². The van der Waals surface area contributed by atoms with Crippen LogP contribution in [-0.2, 0) is 7.05 Å². The molecule has 0 N–H and O–H groups in total. The van der Waals surface area contributed by atoms with Crippen LogP contribution in [0.4, 0.5) is 0 Å². The minimum atomic E-state index is -0.0899. The summed E-state index contributed by atoms with van der Waals surface area (Å²) in [5.41, 5.74) is 2.71. The van der Waals surface area contributed by atoms with Crippen molar-refractivity contribution in [1.29, 1.82) is 5.26 Å². The van der Waals surface area contributed by atoms with Gasteiger partial charge in [0.15, 0.2) is 5.78 Å². The Hall–Kier alpha value is -2.67. The van der Waals surface area contributed by atoms with Crippen molar-refractivity contribution in [3.05, 3.63) is 58.9 Å². The molecule has 1 aromatic heterocycles. The zero-order chi connectivity index (χ0) is 13.8. The molecule has 4 nitrogen and oxygen atoms in total. The molecule has 0 aliphatic carbocycles. The molecule has 1 aromatic carbocycles. The van der Waals surface area contributed by atoms with Gasteiger partial charge in [-0.1, -0.05) is 18.2 Å². The predicted octanol–water partition coefficient (Wildman–Crippen LogP) is 2.50. The van der Waals surface area contributed by atoms with Crippen molar-refractivity contribution in [2.75, 3.05) is 0 Å². The summed E-state index contributed by atoms with van der Waals surface area (Å²) in [6, 6.07) is 9.17. The van der Waals surface area contributed by atoms with Gasteiger partial charge in [0.1, 0.15) is 0 Å². The molecule has 0 saturated heterocycles. The quantitative estimate of drug-likeness (QED) is 0.622. The number of carbonyl (C=O) groups is 1. The Morgan fingerprint density at radius 2 is 2.26 bits per heavy atom. The highest BCUT2D eigenvalue weighted by molar-refractivity contribution is 6.07. The van der Waals surface area contributed by atoms with Crippen LogP contribution in [0.1, 0.15) is 27.2 Å². The number of allylic oxidation sites excluding steroid dienone is 1. The van der Waals surface area contributed by atoms with Gasteiger partial charge in [0.25, 0.3) is 0 Å². The zero-order valence-corrected chi connectivity index (χ0v) is 10.8. The first-order chi connectivity index (χ1) is 9.10. The lowest BCUT2D eigenvalue weighted by atomic mass is 10.1. The normalized spacial score (nSPS) is 10.6. The van der Waals surface area contributed by atoms with Crippen molar-refractivity contribution in [2.24, 2.45) is 7.05 Å². The monoisotopic (exact) mass is 251 g/mol. The summed E-state index contributed by atoms with van der Waals surface area (Å²) in [6.45, 7) is 1.80. The molecule has 0 aliphatic rings. The van der Waals surface area contributed by atoms with Gasteiger partial charge < -0.3 is 0 Å². The van der Waals surface area contributed by atoms with E-state index in [4.69, 9.17) is 5.26 Å².